The maximum absolute atomic E-state index is 8.64. The molecule has 0 atom stereocenters. The van der Waals surface area contributed by atoms with E-state index in [1.165, 1.54) is 0 Å². The molecule has 0 bridgehead atoms. The van der Waals surface area contributed by atoms with Crippen LogP contribution >= 0.6 is 0 Å². The summed E-state index contributed by atoms with van der Waals surface area (Å²) in [6, 6.07) is 2.45. The average molecular weight is 152 g/mol. The molecular weight excluding hydrogens is 136 g/mol. The summed E-state index contributed by atoms with van der Waals surface area (Å²) in [7, 11) is 0. The van der Waals surface area contributed by atoms with Crippen molar-refractivity contribution in [2.75, 3.05) is 0 Å². The quantitative estimate of drug-likeness (QED) is 0.628. The number of nitrogens with zero attached hydrogens (tertiary/aromatic N) is 1. The molecule has 62 valence electrons. The molecule has 0 aromatic rings. The standard InChI is InChI=1S/C9H16N2/c1-7(2)5-9(6-10)11-8(3)4/h5,7-8,11H,1-4H3/b9-5-. The lowest BCUT2D eigenvalue weighted by Gasteiger charge is -2.08. The molecule has 0 rings (SSSR count). The molecule has 0 aromatic heterocycles. The Bertz CT molecular complexity index is 172. The van der Waals surface area contributed by atoms with Gasteiger partial charge in [0.05, 0.1) is 0 Å². The van der Waals surface area contributed by atoms with Crippen LogP contribution in [0, 0.1) is 17.2 Å². The van der Waals surface area contributed by atoms with E-state index >= 15 is 0 Å². The van der Waals surface area contributed by atoms with Crippen LogP contribution in [0.15, 0.2) is 11.8 Å². The number of hydrogen-bond acceptors (Lipinski definition) is 2. The fourth-order valence-corrected chi connectivity index (χ4v) is 0.762. The minimum atomic E-state index is 0.333. The number of nitriles is 1. The van der Waals surface area contributed by atoms with Crippen LogP contribution < -0.4 is 5.32 Å². The second-order valence-electron chi connectivity index (χ2n) is 3.24. The molecule has 2 nitrogen and oxygen atoms in total. The van der Waals surface area contributed by atoms with E-state index in [9.17, 15) is 0 Å². The Kier molecular flexibility index (Phi) is 4.36. The van der Waals surface area contributed by atoms with Gasteiger partial charge in [0, 0.05) is 6.04 Å². The van der Waals surface area contributed by atoms with Crippen LogP contribution in [0.3, 0.4) is 0 Å². The average Bonchev–Trinajstić information content (AvgIpc) is 1.84. The highest BCUT2D eigenvalue weighted by Crippen LogP contribution is 1.99. The van der Waals surface area contributed by atoms with Gasteiger partial charge in [-0.05, 0) is 25.8 Å². The van der Waals surface area contributed by atoms with Gasteiger partial charge < -0.3 is 5.32 Å². The lowest BCUT2D eigenvalue weighted by atomic mass is 10.2. The summed E-state index contributed by atoms with van der Waals surface area (Å²) in [6.45, 7) is 8.15. The van der Waals surface area contributed by atoms with Gasteiger partial charge in [0.1, 0.15) is 11.8 Å². The monoisotopic (exact) mass is 152 g/mol. The molecule has 0 unspecified atom stereocenters. The Morgan fingerprint density at radius 2 is 1.91 bits per heavy atom. The van der Waals surface area contributed by atoms with Crippen LogP contribution in [0.2, 0.25) is 0 Å². The Morgan fingerprint density at radius 1 is 1.36 bits per heavy atom. The first-order chi connectivity index (χ1) is 5.06. The van der Waals surface area contributed by atoms with E-state index in [4.69, 9.17) is 5.26 Å². The fraction of sp³-hybridized carbons (Fsp3) is 0.667. The van der Waals surface area contributed by atoms with Crippen LogP contribution in [0.4, 0.5) is 0 Å². The number of allylic oxidation sites excluding steroid dienone is 2. The smallest absolute Gasteiger partial charge is 0.117 e. The lowest BCUT2D eigenvalue weighted by molar-refractivity contribution is 0.672. The number of hydrogen-bond donors (Lipinski definition) is 1. The summed E-state index contributed by atoms with van der Waals surface area (Å²) >= 11 is 0. The summed E-state index contributed by atoms with van der Waals surface area (Å²) < 4.78 is 0. The molecule has 11 heavy (non-hydrogen) atoms. The topological polar surface area (TPSA) is 35.8 Å². The molecule has 0 aliphatic rings. The Balaban J connectivity index is 4.09. The third-order valence-corrected chi connectivity index (χ3v) is 1.06. The van der Waals surface area contributed by atoms with Crippen LogP contribution in [-0.2, 0) is 0 Å². The molecule has 0 amide bonds. The highest BCUT2D eigenvalue weighted by atomic mass is 14.9. The largest absolute Gasteiger partial charge is 0.375 e. The van der Waals surface area contributed by atoms with Crippen molar-refractivity contribution in [2.24, 2.45) is 5.92 Å². The minimum Gasteiger partial charge on any atom is -0.375 e. The van der Waals surface area contributed by atoms with Crippen molar-refractivity contribution in [2.45, 2.75) is 33.7 Å². The molecule has 0 spiro atoms. The molecule has 2 heteroatoms. The Hall–Kier alpha value is -0.970. The van der Waals surface area contributed by atoms with Gasteiger partial charge in [0.25, 0.3) is 0 Å². The van der Waals surface area contributed by atoms with Crippen molar-refractivity contribution in [3.63, 3.8) is 0 Å². The van der Waals surface area contributed by atoms with Crippen LogP contribution in [-0.4, -0.2) is 6.04 Å². The molecule has 0 aliphatic carbocycles. The molecule has 0 fully saturated rings. The van der Waals surface area contributed by atoms with Gasteiger partial charge in [-0.25, -0.2) is 0 Å². The van der Waals surface area contributed by atoms with Crippen molar-refractivity contribution in [3.05, 3.63) is 11.8 Å². The van der Waals surface area contributed by atoms with Gasteiger partial charge in [-0.2, -0.15) is 5.26 Å². The molecule has 0 aromatic carbocycles. The molecule has 0 heterocycles. The predicted octanol–water partition coefficient (Wildman–Crippen LogP) is 2.05. The first kappa shape index (κ1) is 10.0. The van der Waals surface area contributed by atoms with Crippen molar-refractivity contribution in [1.29, 1.82) is 5.26 Å². The third-order valence-electron chi connectivity index (χ3n) is 1.06. The van der Waals surface area contributed by atoms with Crippen LogP contribution in [0.5, 0.6) is 0 Å². The SMILES string of the molecule is CC(C)/C=C(/C#N)NC(C)C. The fourth-order valence-electron chi connectivity index (χ4n) is 0.762. The first-order valence-corrected chi connectivity index (χ1v) is 3.94. The van der Waals surface area contributed by atoms with E-state index in [-0.39, 0.29) is 0 Å². The van der Waals surface area contributed by atoms with Crippen LogP contribution in [0.25, 0.3) is 0 Å². The zero-order valence-corrected chi connectivity index (χ0v) is 7.68. The summed E-state index contributed by atoms with van der Waals surface area (Å²) in [5.41, 5.74) is 0.676. The number of rotatable bonds is 3. The van der Waals surface area contributed by atoms with Gasteiger partial charge in [0.15, 0.2) is 0 Å². The van der Waals surface area contributed by atoms with E-state index < -0.39 is 0 Å². The Labute approximate surface area is 68.9 Å². The molecule has 0 radical (unpaired) electrons. The lowest BCUT2D eigenvalue weighted by Crippen LogP contribution is -2.21. The van der Waals surface area contributed by atoms with E-state index in [0.717, 1.165) is 0 Å². The molecule has 1 N–H and O–H groups in total. The molecule has 0 saturated carbocycles. The van der Waals surface area contributed by atoms with Crippen molar-refractivity contribution >= 4 is 0 Å². The zero-order chi connectivity index (χ0) is 8.85. The highest BCUT2D eigenvalue weighted by molar-refractivity contribution is 5.19. The predicted molar refractivity (Wildman–Crippen MR) is 46.8 cm³/mol. The van der Waals surface area contributed by atoms with E-state index in [2.05, 4.69) is 25.2 Å². The maximum Gasteiger partial charge on any atom is 0.117 e. The van der Waals surface area contributed by atoms with Crippen LogP contribution in [0.1, 0.15) is 27.7 Å². The van der Waals surface area contributed by atoms with Gasteiger partial charge in [0.2, 0.25) is 0 Å². The second-order valence-corrected chi connectivity index (χ2v) is 3.24. The van der Waals surface area contributed by atoms with E-state index in [1.807, 2.05) is 19.9 Å². The molecule has 0 aliphatic heterocycles. The minimum absolute atomic E-state index is 0.333. The Morgan fingerprint density at radius 3 is 2.18 bits per heavy atom. The molecule has 0 saturated heterocycles. The van der Waals surface area contributed by atoms with Gasteiger partial charge in [-0.15, -0.1) is 0 Å². The third kappa shape index (κ3) is 5.47. The van der Waals surface area contributed by atoms with E-state index in [1.54, 1.807) is 0 Å². The number of nitrogens with one attached hydrogen (secondary N) is 1. The summed E-state index contributed by atoms with van der Waals surface area (Å²) in [6.07, 6.45) is 1.93. The van der Waals surface area contributed by atoms with Crippen molar-refractivity contribution < 1.29 is 0 Å². The summed E-state index contributed by atoms with van der Waals surface area (Å²) in [5.74, 6) is 0.427. The summed E-state index contributed by atoms with van der Waals surface area (Å²) in [4.78, 5) is 0. The highest BCUT2D eigenvalue weighted by Gasteiger charge is 1.97. The normalized spacial score (nSPS) is 11.9. The van der Waals surface area contributed by atoms with Gasteiger partial charge >= 0.3 is 0 Å². The zero-order valence-electron chi connectivity index (χ0n) is 7.68. The first-order valence-electron chi connectivity index (χ1n) is 3.94. The maximum atomic E-state index is 8.64. The summed E-state index contributed by atoms with van der Waals surface area (Å²) in [5, 5.41) is 11.7. The van der Waals surface area contributed by atoms with Crippen molar-refractivity contribution in [3.8, 4) is 6.07 Å². The van der Waals surface area contributed by atoms with Gasteiger partial charge in [-0.1, -0.05) is 13.8 Å². The van der Waals surface area contributed by atoms with Crippen molar-refractivity contribution in [1.82, 2.24) is 5.32 Å². The van der Waals surface area contributed by atoms with E-state index in [0.29, 0.717) is 17.7 Å². The second kappa shape index (κ2) is 4.79. The molecular formula is C9H16N2. The van der Waals surface area contributed by atoms with Gasteiger partial charge in [-0.3, -0.25) is 0 Å².